The smallest absolute Gasteiger partial charge is 0.222 e. The highest BCUT2D eigenvalue weighted by atomic mass is 16.2. The third kappa shape index (κ3) is 2.17. The molecule has 1 aliphatic carbocycles. The predicted molar refractivity (Wildman–Crippen MR) is 58.5 cm³/mol. The first-order valence-corrected chi connectivity index (χ1v) is 6.35. The van der Waals surface area contributed by atoms with Crippen LogP contribution in [0.1, 0.15) is 38.5 Å². The van der Waals surface area contributed by atoms with Gasteiger partial charge in [0.2, 0.25) is 5.91 Å². The van der Waals surface area contributed by atoms with Crippen LogP contribution in [0.2, 0.25) is 0 Å². The van der Waals surface area contributed by atoms with Gasteiger partial charge in [-0.15, -0.1) is 0 Å². The molecule has 15 heavy (non-hydrogen) atoms. The Labute approximate surface area is 91.2 Å². The van der Waals surface area contributed by atoms with Crippen LogP contribution >= 0.6 is 0 Å². The summed E-state index contributed by atoms with van der Waals surface area (Å²) in [6.45, 7) is 1.92. The molecular formula is C12H20N2O. The summed E-state index contributed by atoms with van der Waals surface area (Å²) in [5.41, 5.74) is 0. The van der Waals surface area contributed by atoms with Gasteiger partial charge in [0.1, 0.15) is 0 Å². The SMILES string of the molecule is O=C(CC1CC1)N1CC2CCCC(C1)N2. The van der Waals surface area contributed by atoms with Crippen molar-refractivity contribution in [1.29, 1.82) is 0 Å². The minimum absolute atomic E-state index is 0.413. The highest BCUT2D eigenvalue weighted by Gasteiger charge is 2.34. The lowest BCUT2D eigenvalue weighted by atomic mass is 9.94. The van der Waals surface area contributed by atoms with Gasteiger partial charge < -0.3 is 10.2 Å². The quantitative estimate of drug-likeness (QED) is 0.738. The summed E-state index contributed by atoms with van der Waals surface area (Å²) >= 11 is 0. The van der Waals surface area contributed by atoms with Crippen LogP contribution in [-0.4, -0.2) is 36.0 Å². The van der Waals surface area contributed by atoms with Crippen LogP contribution < -0.4 is 5.32 Å². The monoisotopic (exact) mass is 208 g/mol. The van der Waals surface area contributed by atoms with Gasteiger partial charge in [-0.2, -0.15) is 0 Å². The lowest BCUT2D eigenvalue weighted by molar-refractivity contribution is -0.134. The number of nitrogens with zero attached hydrogens (tertiary/aromatic N) is 1. The zero-order valence-corrected chi connectivity index (χ0v) is 9.24. The first-order valence-electron chi connectivity index (χ1n) is 6.35. The Morgan fingerprint density at radius 2 is 1.80 bits per heavy atom. The summed E-state index contributed by atoms with van der Waals surface area (Å²) in [5, 5.41) is 3.61. The van der Waals surface area contributed by atoms with E-state index in [2.05, 4.69) is 10.2 Å². The van der Waals surface area contributed by atoms with E-state index in [0.29, 0.717) is 18.0 Å². The molecule has 84 valence electrons. The fourth-order valence-electron chi connectivity index (χ4n) is 2.91. The fraction of sp³-hybridized carbons (Fsp3) is 0.917. The van der Waals surface area contributed by atoms with Crippen LogP contribution in [0.5, 0.6) is 0 Å². The number of piperidine rings is 1. The van der Waals surface area contributed by atoms with Crippen LogP contribution in [-0.2, 0) is 4.79 Å². The van der Waals surface area contributed by atoms with E-state index in [0.717, 1.165) is 25.4 Å². The summed E-state index contributed by atoms with van der Waals surface area (Å²) in [6.07, 6.45) is 7.23. The van der Waals surface area contributed by atoms with Crippen molar-refractivity contribution < 1.29 is 4.79 Å². The van der Waals surface area contributed by atoms with Gasteiger partial charge in [-0.05, 0) is 31.6 Å². The van der Waals surface area contributed by atoms with Crippen molar-refractivity contribution in [2.75, 3.05) is 13.1 Å². The Balaban J connectivity index is 1.58. The van der Waals surface area contributed by atoms with Crippen LogP contribution in [0.15, 0.2) is 0 Å². The standard InChI is InChI=1S/C12H20N2O/c15-12(6-9-4-5-9)14-7-10-2-1-3-11(8-14)13-10/h9-11,13H,1-8H2. The van der Waals surface area contributed by atoms with Gasteiger partial charge in [-0.3, -0.25) is 4.79 Å². The Kier molecular flexibility index (Phi) is 2.43. The van der Waals surface area contributed by atoms with Crippen molar-refractivity contribution in [3.8, 4) is 0 Å². The van der Waals surface area contributed by atoms with Gasteiger partial charge in [0, 0.05) is 31.6 Å². The zero-order valence-electron chi connectivity index (χ0n) is 9.24. The third-order valence-electron chi connectivity index (χ3n) is 3.97. The van der Waals surface area contributed by atoms with Gasteiger partial charge in [0.15, 0.2) is 0 Å². The summed E-state index contributed by atoms with van der Waals surface area (Å²) < 4.78 is 0. The van der Waals surface area contributed by atoms with Crippen LogP contribution in [0.4, 0.5) is 0 Å². The minimum atomic E-state index is 0.413. The lowest BCUT2D eigenvalue weighted by Crippen LogP contribution is -2.59. The number of hydrogen-bond acceptors (Lipinski definition) is 2. The average molecular weight is 208 g/mol. The largest absolute Gasteiger partial charge is 0.340 e. The maximum atomic E-state index is 12.0. The highest BCUT2D eigenvalue weighted by molar-refractivity contribution is 5.77. The second-order valence-electron chi connectivity index (χ2n) is 5.44. The molecule has 0 aromatic heterocycles. The Hall–Kier alpha value is -0.570. The van der Waals surface area contributed by atoms with Crippen molar-refractivity contribution in [3.63, 3.8) is 0 Å². The zero-order chi connectivity index (χ0) is 10.3. The van der Waals surface area contributed by atoms with Crippen LogP contribution in [0.3, 0.4) is 0 Å². The molecule has 3 fully saturated rings. The number of carbonyl (C=O) groups excluding carboxylic acids is 1. The molecule has 3 rings (SSSR count). The third-order valence-corrected chi connectivity index (χ3v) is 3.97. The number of rotatable bonds is 2. The number of carbonyl (C=O) groups is 1. The van der Waals surface area contributed by atoms with Crippen molar-refractivity contribution in [2.45, 2.75) is 50.6 Å². The van der Waals surface area contributed by atoms with Gasteiger partial charge in [0.05, 0.1) is 0 Å². The summed E-state index contributed by atoms with van der Waals surface area (Å²) in [6, 6.07) is 1.17. The summed E-state index contributed by atoms with van der Waals surface area (Å²) in [7, 11) is 0. The van der Waals surface area contributed by atoms with E-state index in [1.165, 1.54) is 32.1 Å². The minimum Gasteiger partial charge on any atom is -0.340 e. The molecule has 2 bridgehead atoms. The lowest BCUT2D eigenvalue weighted by Gasteiger charge is -2.42. The molecule has 2 atom stereocenters. The number of amides is 1. The summed E-state index contributed by atoms with van der Waals surface area (Å²) in [5.74, 6) is 1.14. The van der Waals surface area contributed by atoms with E-state index in [4.69, 9.17) is 0 Å². The molecule has 3 heteroatoms. The fourth-order valence-corrected chi connectivity index (χ4v) is 2.91. The maximum Gasteiger partial charge on any atom is 0.222 e. The number of piperazine rings is 1. The Morgan fingerprint density at radius 1 is 1.13 bits per heavy atom. The normalized spacial score (nSPS) is 35.3. The average Bonchev–Trinajstić information content (AvgIpc) is 3.01. The molecule has 0 aromatic rings. The maximum absolute atomic E-state index is 12.0. The van der Waals surface area contributed by atoms with Crippen LogP contribution in [0.25, 0.3) is 0 Å². The topological polar surface area (TPSA) is 32.3 Å². The predicted octanol–water partition coefficient (Wildman–Crippen LogP) is 1.14. The molecule has 2 heterocycles. The van der Waals surface area contributed by atoms with Gasteiger partial charge in [0.25, 0.3) is 0 Å². The van der Waals surface area contributed by atoms with Crippen molar-refractivity contribution >= 4 is 5.91 Å². The molecule has 1 amide bonds. The number of fused-ring (bicyclic) bond motifs is 2. The molecule has 2 unspecified atom stereocenters. The van der Waals surface area contributed by atoms with E-state index in [1.807, 2.05) is 0 Å². The molecule has 1 saturated carbocycles. The van der Waals surface area contributed by atoms with E-state index < -0.39 is 0 Å². The van der Waals surface area contributed by atoms with E-state index in [9.17, 15) is 4.79 Å². The molecule has 0 spiro atoms. The number of hydrogen-bond donors (Lipinski definition) is 1. The Morgan fingerprint density at radius 3 is 2.40 bits per heavy atom. The van der Waals surface area contributed by atoms with Crippen molar-refractivity contribution in [1.82, 2.24) is 10.2 Å². The molecule has 0 radical (unpaired) electrons. The van der Waals surface area contributed by atoms with Crippen LogP contribution in [0, 0.1) is 5.92 Å². The van der Waals surface area contributed by atoms with E-state index >= 15 is 0 Å². The van der Waals surface area contributed by atoms with Crippen molar-refractivity contribution in [3.05, 3.63) is 0 Å². The van der Waals surface area contributed by atoms with E-state index in [1.54, 1.807) is 0 Å². The van der Waals surface area contributed by atoms with E-state index in [-0.39, 0.29) is 0 Å². The molecule has 3 aliphatic rings. The molecular weight excluding hydrogens is 188 g/mol. The molecule has 0 aromatic carbocycles. The first-order chi connectivity index (χ1) is 7.31. The van der Waals surface area contributed by atoms with Gasteiger partial charge in [-0.1, -0.05) is 6.42 Å². The second kappa shape index (κ2) is 3.78. The summed E-state index contributed by atoms with van der Waals surface area (Å²) in [4.78, 5) is 14.1. The molecule has 2 aliphatic heterocycles. The number of nitrogens with one attached hydrogen (secondary N) is 1. The first kappa shape index (κ1) is 9.64. The van der Waals surface area contributed by atoms with Gasteiger partial charge >= 0.3 is 0 Å². The number of likely N-dealkylation sites (tertiary alicyclic amines) is 1. The Bertz CT molecular complexity index is 250. The second-order valence-corrected chi connectivity index (χ2v) is 5.44. The molecule has 1 N–H and O–H groups in total. The molecule has 2 saturated heterocycles. The van der Waals surface area contributed by atoms with Crippen molar-refractivity contribution in [2.24, 2.45) is 5.92 Å². The molecule has 3 nitrogen and oxygen atoms in total. The highest BCUT2D eigenvalue weighted by Crippen LogP contribution is 2.33. The van der Waals surface area contributed by atoms with Gasteiger partial charge in [-0.25, -0.2) is 0 Å².